The van der Waals surface area contributed by atoms with Gasteiger partial charge in [-0.1, -0.05) is 32.0 Å². The predicted molar refractivity (Wildman–Crippen MR) is 126 cm³/mol. The first kappa shape index (κ1) is 23.7. The van der Waals surface area contributed by atoms with Gasteiger partial charge in [0.15, 0.2) is 0 Å². The Morgan fingerprint density at radius 3 is 2.68 bits per heavy atom. The molecule has 2 aromatic heterocycles. The number of aromatic nitrogens is 2. The van der Waals surface area contributed by atoms with Crippen molar-refractivity contribution in [1.82, 2.24) is 19.8 Å². The van der Waals surface area contributed by atoms with Gasteiger partial charge in [-0.2, -0.15) is 0 Å². The first-order chi connectivity index (χ1) is 16.2. The lowest BCUT2D eigenvalue weighted by molar-refractivity contribution is -0.144. The highest BCUT2D eigenvalue weighted by molar-refractivity contribution is 5.94. The molecule has 3 heterocycles. The Kier molecular flexibility index (Phi) is 6.58. The van der Waals surface area contributed by atoms with Gasteiger partial charge in [-0.25, -0.2) is 10.5 Å². The zero-order chi connectivity index (χ0) is 24.5. The number of benzene rings is 1. The Bertz CT molecular complexity index is 1190. The number of hydrogen-bond donors (Lipinski definition) is 3. The second kappa shape index (κ2) is 9.44. The summed E-state index contributed by atoms with van der Waals surface area (Å²) in [7, 11) is 0. The molecule has 2 atom stereocenters. The van der Waals surface area contributed by atoms with E-state index in [0.29, 0.717) is 37.3 Å². The van der Waals surface area contributed by atoms with Gasteiger partial charge in [0, 0.05) is 12.7 Å². The largest absolute Gasteiger partial charge is 0.487 e. The zero-order valence-corrected chi connectivity index (χ0v) is 19.7. The van der Waals surface area contributed by atoms with Gasteiger partial charge in [0.2, 0.25) is 5.91 Å². The van der Waals surface area contributed by atoms with Crippen molar-refractivity contribution in [3.05, 3.63) is 65.6 Å². The monoisotopic (exact) mass is 465 g/mol. The molecule has 180 valence electrons. The van der Waals surface area contributed by atoms with Crippen LogP contribution in [0.1, 0.15) is 43.6 Å². The lowest BCUT2D eigenvalue weighted by Gasteiger charge is -2.30. The molecular weight excluding hydrogens is 434 g/mol. The molecule has 2 amide bonds. The Morgan fingerprint density at radius 1 is 1.26 bits per heavy atom. The highest BCUT2D eigenvalue weighted by Gasteiger charge is 2.48. The fraction of sp³-hybridized carbons (Fsp3) is 0.400. The Hall–Kier alpha value is -3.43. The molecule has 2 unspecified atom stereocenters. The molecule has 1 aromatic carbocycles. The highest BCUT2D eigenvalue weighted by Crippen LogP contribution is 2.34. The molecule has 34 heavy (non-hydrogen) atoms. The zero-order valence-electron chi connectivity index (χ0n) is 19.7. The Labute approximate surface area is 198 Å². The number of amides is 2. The maximum absolute atomic E-state index is 13.3. The average molecular weight is 466 g/mol. The molecule has 0 spiro atoms. The summed E-state index contributed by atoms with van der Waals surface area (Å²) < 4.78 is 7.99. The summed E-state index contributed by atoms with van der Waals surface area (Å²) in [6.07, 6.45) is 2.76. The topological polar surface area (TPSA) is 122 Å². The molecule has 9 nitrogen and oxygen atoms in total. The minimum absolute atomic E-state index is 0.163. The van der Waals surface area contributed by atoms with E-state index in [-0.39, 0.29) is 11.8 Å². The van der Waals surface area contributed by atoms with E-state index < -0.39 is 17.5 Å². The summed E-state index contributed by atoms with van der Waals surface area (Å²) in [4.78, 5) is 31.5. The molecule has 4 rings (SSSR count). The van der Waals surface area contributed by atoms with Crippen molar-refractivity contribution in [3.63, 3.8) is 0 Å². The minimum Gasteiger partial charge on any atom is -0.487 e. The summed E-state index contributed by atoms with van der Waals surface area (Å²) >= 11 is 0. The van der Waals surface area contributed by atoms with Crippen LogP contribution < -0.4 is 16.0 Å². The summed E-state index contributed by atoms with van der Waals surface area (Å²) in [5.74, 6) is -0.109. The van der Waals surface area contributed by atoms with Gasteiger partial charge in [-0.15, -0.1) is 0 Å². The lowest BCUT2D eigenvalue weighted by Crippen LogP contribution is -2.52. The van der Waals surface area contributed by atoms with Gasteiger partial charge in [-0.05, 0) is 55.5 Å². The Balaban J connectivity index is 1.48. The molecule has 4 N–H and O–H groups in total. The van der Waals surface area contributed by atoms with Gasteiger partial charge >= 0.3 is 0 Å². The van der Waals surface area contributed by atoms with Crippen molar-refractivity contribution in [2.45, 2.75) is 51.8 Å². The number of rotatable bonds is 8. The number of aryl methyl sites for hydroxylation is 1. The fourth-order valence-corrected chi connectivity index (χ4v) is 4.56. The molecule has 0 radical (unpaired) electrons. The molecule has 0 bridgehead atoms. The van der Waals surface area contributed by atoms with Crippen LogP contribution >= 0.6 is 0 Å². The third-order valence-corrected chi connectivity index (χ3v) is 6.45. The maximum atomic E-state index is 13.3. The summed E-state index contributed by atoms with van der Waals surface area (Å²) in [5.41, 5.74) is 10.4. The van der Waals surface area contributed by atoms with E-state index in [0.717, 1.165) is 17.0 Å². The Morgan fingerprint density at radius 2 is 2.00 bits per heavy atom. The van der Waals surface area contributed by atoms with Gasteiger partial charge in [-0.3, -0.25) is 14.8 Å². The van der Waals surface area contributed by atoms with Crippen LogP contribution in [0.2, 0.25) is 0 Å². The number of hydroxylamine groups is 1. The van der Waals surface area contributed by atoms with Crippen LogP contribution in [0.4, 0.5) is 0 Å². The van der Waals surface area contributed by atoms with Crippen molar-refractivity contribution in [2.24, 2.45) is 11.7 Å². The second-order valence-corrected chi connectivity index (χ2v) is 9.23. The normalized spacial score (nSPS) is 19.1. The quantitative estimate of drug-likeness (QED) is 0.347. The van der Waals surface area contributed by atoms with Crippen molar-refractivity contribution in [2.75, 3.05) is 6.54 Å². The number of nitrogens with one attached hydrogen (secondary N) is 1. The minimum atomic E-state index is -1.23. The molecule has 1 aliphatic rings. The van der Waals surface area contributed by atoms with Crippen LogP contribution in [0.25, 0.3) is 5.65 Å². The molecule has 1 saturated heterocycles. The number of imidazole rings is 1. The highest BCUT2D eigenvalue weighted by atomic mass is 16.5. The van der Waals surface area contributed by atoms with Crippen LogP contribution in [-0.2, 0) is 21.7 Å². The van der Waals surface area contributed by atoms with Crippen molar-refractivity contribution >= 4 is 17.5 Å². The summed E-state index contributed by atoms with van der Waals surface area (Å²) in [6.45, 7) is 6.56. The maximum Gasteiger partial charge on any atom is 0.266 e. The van der Waals surface area contributed by atoms with Crippen molar-refractivity contribution in [1.29, 1.82) is 0 Å². The van der Waals surface area contributed by atoms with E-state index in [2.05, 4.69) is 4.98 Å². The molecule has 1 aliphatic heterocycles. The number of pyridine rings is 1. The van der Waals surface area contributed by atoms with Crippen LogP contribution in [0.5, 0.6) is 5.75 Å². The molecule has 3 aromatic rings. The van der Waals surface area contributed by atoms with E-state index in [1.54, 1.807) is 29.7 Å². The molecular formula is C25H31N5O4. The van der Waals surface area contributed by atoms with E-state index in [9.17, 15) is 9.59 Å². The number of carbonyl (C=O) groups excluding carboxylic acids is 2. The van der Waals surface area contributed by atoms with E-state index >= 15 is 0 Å². The molecule has 9 heteroatoms. The number of fused-ring (bicyclic) bond motifs is 1. The SMILES string of the molecule is Cc1nc2ccccn2c1COc1ccc(C2(N)CCN(C(CC(C)C)C(=O)NO)C2=O)cc1. The first-order valence-electron chi connectivity index (χ1n) is 11.4. The molecule has 0 aliphatic carbocycles. The number of hydrogen-bond acceptors (Lipinski definition) is 6. The number of ether oxygens (including phenoxy) is 1. The smallest absolute Gasteiger partial charge is 0.266 e. The second-order valence-electron chi connectivity index (χ2n) is 9.23. The van der Waals surface area contributed by atoms with Gasteiger partial charge < -0.3 is 19.8 Å². The van der Waals surface area contributed by atoms with Crippen LogP contribution in [0, 0.1) is 12.8 Å². The number of likely N-dealkylation sites (tertiary alicyclic amines) is 1. The van der Waals surface area contributed by atoms with Crippen LogP contribution in [0.15, 0.2) is 48.7 Å². The lowest BCUT2D eigenvalue weighted by atomic mass is 9.89. The average Bonchev–Trinajstić information content (AvgIpc) is 3.31. The summed E-state index contributed by atoms with van der Waals surface area (Å²) in [6, 6.07) is 12.3. The molecule has 0 saturated carbocycles. The van der Waals surface area contributed by atoms with Gasteiger partial charge in [0.05, 0.1) is 11.4 Å². The third kappa shape index (κ3) is 4.36. The summed E-state index contributed by atoms with van der Waals surface area (Å²) in [5, 5.41) is 9.15. The van der Waals surface area contributed by atoms with Crippen molar-refractivity contribution < 1.29 is 19.5 Å². The predicted octanol–water partition coefficient (Wildman–Crippen LogP) is 2.53. The standard InChI is InChI=1S/C25H31N5O4/c1-16(2)14-20(23(31)28-33)30-13-11-25(26,24(30)32)18-7-9-19(10-8-18)34-15-21-17(3)27-22-6-4-5-12-29(21)22/h4-10,12,16,20,33H,11,13-15,26H2,1-3H3,(H,28,31). The fourth-order valence-electron chi connectivity index (χ4n) is 4.56. The van der Waals surface area contributed by atoms with Crippen LogP contribution in [-0.4, -0.2) is 43.9 Å². The number of carbonyl (C=O) groups is 2. The number of nitrogens with two attached hydrogens (primary N) is 1. The van der Waals surface area contributed by atoms with Gasteiger partial charge in [0.25, 0.3) is 5.91 Å². The number of nitrogens with zero attached hydrogens (tertiary/aromatic N) is 3. The molecule has 1 fully saturated rings. The van der Waals surface area contributed by atoms with Gasteiger partial charge in [0.1, 0.15) is 29.6 Å². The third-order valence-electron chi connectivity index (χ3n) is 6.45. The van der Waals surface area contributed by atoms with E-state index in [1.165, 1.54) is 4.90 Å². The van der Waals surface area contributed by atoms with Crippen LogP contribution in [0.3, 0.4) is 0 Å². The first-order valence-corrected chi connectivity index (χ1v) is 11.4. The van der Waals surface area contributed by atoms with E-state index in [1.807, 2.05) is 49.6 Å². The van der Waals surface area contributed by atoms with E-state index in [4.69, 9.17) is 15.7 Å². The van der Waals surface area contributed by atoms with Crippen molar-refractivity contribution in [3.8, 4) is 5.75 Å².